The van der Waals surface area contributed by atoms with Crippen LogP contribution in [0.15, 0.2) is 29.3 Å². The number of guanidine groups is 1. The van der Waals surface area contributed by atoms with Crippen LogP contribution < -0.4 is 15.4 Å². The lowest BCUT2D eigenvalue weighted by molar-refractivity contribution is -0.119. The summed E-state index contributed by atoms with van der Waals surface area (Å²) in [5, 5.41) is 6.16. The first-order valence-electron chi connectivity index (χ1n) is 9.11. The molecule has 1 amide bonds. The molecule has 1 aromatic carbocycles. The number of aliphatic imine (C=N–C) groups is 1. The molecule has 1 aromatic rings. The van der Waals surface area contributed by atoms with Crippen LogP contribution in [0.3, 0.4) is 0 Å². The van der Waals surface area contributed by atoms with Gasteiger partial charge in [0.15, 0.2) is 5.96 Å². The highest BCUT2D eigenvalue weighted by Crippen LogP contribution is 2.28. The maximum Gasteiger partial charge on any atom is 0.241 e. The summed E-state index contributed by atoms with van der Waals surface area (Å²) in [6.45, 7) is 7.61. The molecule has 6 nitrogen and oxygen atoms in total. The number of ether oxygens (including phenoxy) is 1. The van der Waals surface area contributed by atoms with E-state index in [1.807, 2.05) is 26.0 Å². The molecule has 0 bridgehead atoms. The number of amides is 1. The lowest BCUT2D eigenvalue weighted by Crippen LogP contribution is -2.41. The molecule has 0 aromatic heterocycles. The van der Waals surface area contributed by atoms with Gasteiger partial charge in [-0.1, -0.05) is 19.1 Å². The van der Waals surface area contributed by atoms with Gasteiger partial charge in [-0.2, -0.15) is 0 Å². The molecule has 1 aliphatic heterocycles. The number of carbonyl (C=O) groups is 1. The van der Waals surface area contributed by atoms with Crippen molar-refractivity contribution in [2.45, 2.75) is 32.6 Å². The van der Waals surface area contributed by atoms with Gasteiger partial charge in [0.2, 0.25) is 5.91 Å². The van der Waals surface area contributed by atoms with Gasteiger partial charge in [-0.05, 0) is 37.5 Å². The maximum absolute atomic E-state index is 11.8. The lowest BCUT2D eigenvalue weighted by Gasteiger charge is -2.21. The summed E-state index contributed by atoms with van der Waals surface area (Å²) < 4.78 is 5.23. The molecule has 25 heavy (non-hydrogen) atoms. The van der Waals surface area contributed by atoms with Gasteiger partial charge in [-0.15, -0.1) is 0 Å². The maximum atomic E-state index is 11.8. The zero-order valence-electron chi connectivity index (χ0n) is 15.5. The van der Waals surface area contributed by atoms with E-state index in [-0.39, 0.29) is 12.5 Å². The third kappa shape index (κ3) is 5.66. The fraction of sp³-hybridized carbons (Fsp3) is 0.579. The van der Waals surface area contributed by atoms with Crippen LogP contribution in [0.1, 0.15) is 38.2 Å². The Labute approximate surface area is 150 Å². The van der Waals surface area contributed by atoms with Crippen LogP contribution in [0, 0.1) is 0 Å². The van der Waals surface area contributed by atoms with Crippen molar-refractivity contribution in [3.63, 3.8) is 0 Å². The fourth-order valence-electron chi connectivity index (χ4n) is 2.99. The van der Waals surface area contributed by atoms with Crippen molar-refractivity contribution in [2.24, 2.45) is 4.99 Å². The van der Waals surface area contributed by atoms with E-state index >= 15 is 0 Å². The molecule has 1 aliphatic rings. The van der Waals surface area contributed by atoms with Gasteiger partial charge in [0, 0.05) is 32.1 Å². The number of rotatable bonds is 7. The lowest BCUT2D eigenvalue weighted by atomic mass is 9.98. The Morgan fingerprint density at radius 2 is 2.04 bits per heavy atom. The minimum absolute atomic E-state index is 0.0249. The monoisotopic (exact) mass is 346 g/mol. The average molecular weight is 346 g/mol. The molecule has 0 saturated carbocycles. The van der Waals surface area contributed by atoms with Crippen LogP contribution in [0.5, 0.6) is 5.75 Å². The first kappa shape index (κ1) is 19.1. The number of methoxy groups -OCH3 is 1. The quantitative estimate of drug-likeness (QED) is 0.585. The summed E-state index contributed by atoms with van der Waals surface area (Å²) >= 11 is 0. The van der Waals surface area contributed by atoms with E-state index < -0.39 is 0 Å². The molecule has 0 aliphatic carbocycles. The minimum Gasteiger partial charge on any atom is -0.497 e. The molecule has 138 valence electrons. The van der Waals surface area contributed by atoms with E-state index in [0.717, 1.165) is 44.2 Å². The normalized spacial score (nSPS) is 17.5. The van der Waals surface area contributed by atoms with Crippen molar-refractivity contribution in [3.05, 3.63) is 29.8 Å². The number of carbonyl (C=O) groups excluding carboxylic acids is 1. The second-order valence-electron chi connectivity index (χ2n) is 6.22. The van der Waals surface area contributed by atoms with Gasteiger partial charge in [0.05, 0.1) is 7.11 Å². The van der Waals surface area contributed by atoms with Crippen LogP contribution in [-0.4, -0.2) is 56.6 Å². The van der Waals surface area contributed by atoms with Crippen LogP contribution in [0.4, 0.5) is 0 Å². The zero-order valence-corrected chi connectivity index (χ0v) is 15.5. The Morgan fingerprint density at radius 3 is 2.68 bits per heavy atom. The molecule has 2 rings (SSSR count). The van der Waals surface area contributed by atoms with Crippen LogP contribution in [0.2, 0.25) is 0 Å². The number of nitrogens with zero attached hydrogens (tertiary/aromatic N) is 2. The van der Waals surface area contributed by atoms with E-state index in [9.17, 15) is 4.79 Å². The highest BCUT2D eigenvalue weighted by molar-refractivity contribution is 5.85. The van der Waals surface area contributed by atoms with E-state index in [2.05, 4.69) is 32.7 Å². The summed E-state index contributed by atoms with van der Waals surface area (Å²) in [5.41, 5.74) is 1.32. The minimum atomic E-state index is -0.0249. The molecule has 0 spiro atoms. The van der Waals surface area contributed by atoms with Crippen molar-refractivity contribution >= 4 is 11.9 Å². The van der Waals surface area contributed by atoms with Crippen molar-refractivity contribution < 1.29 is 9.53 Å². The van der Waals surface area contributed by atoms with E-state index in [1.54, 1.807) is 7.11 Å². The topological polar surface area (TPSA) is 66.0 Å². The Kier molecular flexibility index (Phi) is 7.57. The molecule has 6 heteroatoms. The van der Waals surface area contributed by atoms with Gasteiger partial charge in [0.25, 0.3) is 0 Å². The Hall–Kier alpha value is -2.24. The fourth-order valence-corrected chi connectivity index (χ4v) is 2.99. The smallest absolute Gasteiger partial charge is 0.241 e. The average Bonchev–Trinajstić information content (AvgIpc) is 3.13. The summed E-state index contributed by atoms with van der Waals surface area (Å²) in [6, 6.07) is 8.29. The molecule has 1 unspecified atom stereocenters. The highest BCUT2D eigenvalue weighted by atomic mass is 16.5. The SMILES string of the molecule is CCCNC(=O)CN=C(NCC)N1CCC(c2ccc(OC)cc2)C1. The van der Waals surface area contributed by atoms with Crippen molar-refractivity contribution in [1.29, 1.82) is 0 Å². The van der Waals surface area contributed by atoms with Gasteiger partial charge in [0.1, 0.15) is 12.3 Å². The van der Waals surface area contributed by atoms with Gasteiger partial charge >= 0.3 is 0 Å². The number of likely N-dealkylation sites (tertiary alicyclic amines) is 1. The first-order valence-corrected chi connectivity index (χ1v) is 9.11. The largest absolute Gasteiger partial charge is 0.497 e. The second-order valence-corrected chi connectivity index (χ2v) is 6.22. The molecule has 1 atom stereocenters. The number of hydrogen-bond acceptors (Lipinski definition) is 3. The molecule has 1 saturated heterocycles. The number of benzene rings is 1. The summed E-state index contributed by atoms with van der Waals surface area (Å²) in [7, 11) is 1.68. The molecular weight excluding hydrogens is 316 g/mol. The van der Waals surface area contributed by atoms with E-state index in [1.165, 1.54) is 5.56 Å². The Morgan fingerprint density at radius 1 is 1.28 bits per heavy atom. The second kappa shape index (κ2) is 9.91. The first-order chi connectivity index (χ1) is 12.2. The van der Waals surface area contributed by atoms with E-state index in [0.29, 0.717) is 12.5 Å². The third-order valence-corrected chi connectivity index (χ3v) is 4.35. The summed E-state index contributed by atoms with van der Waals surface area (Å²) in [6.07, 6.45) is 2.02. The molecule has 1 fully saturated rings. The zero-order chi connectivity index (χ0) is 18.1. The van der Waals surface area contributed by atoms with Crippen LogP contribution >= 0.6 is 0 Å². The van der Waals surface area contributed by atoms with Crippen LogP contribution in [0.25, 0.3) is 0 Å². The van der Waals surface area contributed by atoms with Crippen molar-refractivity contribution in [1.82, 2.24) is 15.5 Å². The predicted octanol–water partition coefficient (Wildman–Crippen LogP) is 1.98. The van der Waals surface area contributed by atoms with Gasteiger partial charge in [-0.25, -0.2) is 4.99 Å². The van der Waals surface area contributed by atoms with Crippen molar-refractivity contribution in [3.8, 4) is 5.75 Å². The van der Waals surface area contributed by atoms with Gasteiger partial charge in [-0.3, -0.25) is 4.79 Å². The third-order valence-electron chi connectivity index (χ3n) is 4.35. The number of hydrogen-bond donors (Lipinski definition) is 2. The predicted molar refractivity (Wildman–Crippen MR) is 101 cm³/mol. The number of nitrogens with one attached hydrogen (secondary N) is 2. The Balaban J connectivity index is 1.96. The molecule has 0 radical (unpaired) electrons. The molecule has 2 N–H and O–H groups in total. The standard InChI is InChI=1S/C19H30N4O2/c1-4-11-21-18(24)13-22-19(20-5-2)23-12-10-16(14-23)15-6-8-17(25-3)9-7-15/h6-9,16H,4-5,10-14H2,1-3H3,(H,20,22)(H,21,24). The highest BCUT2D eigenvalue weighted by Gasteiger charge is 2.26. The summed E-state index contributed by atoms with van der Waals surface area (Å²) in [5.74, 6) is 2.16. The van der Waals surface area contributed by atoms with Crippen LogP contribution in [-0.2, 0) is 4.79 Å². The summed E-state index contributed by atoms with van der Waals surface area (Å²) in [4.78, 5) is 18.5. The van der Waals surface area contributed by atoms with Gasteiger partial charge < -0.3 is 20.3 Å². The Bertz CT molecular complexity index is 571. The van der Waals surface area contributed by atoms with Crippen molar-refractivity contribution in [2.75, 3.05) is 39.8 Å². The molecular formula is C19H30N4O2. The van der Waals surface area contributed by atoms with E-state index in [4.69, 9.17) is 4.74 Å². The molecule has 1 heterocycles.